The fraction of sp³-hybridized carbons (Fsp3) is 0.455. The lowest BCUT2D eigenvalue weighted by molar-refractivity contribution is 0.0787. The van der Waals surface area contributed by atoms with E-state index in [1.807, 2.05) is 54.2 Å². The molecule has 0 aliphatic rings. The van der Waals surface area contributed by atoms with Crippen molar-refractivity contribution >= 4 is 22.5 Å². The van der Waals surface area contributed by atoms with Crippen LogP contribution in [0.3, 0.4) is 0 Å². The van der Waals surface area contributed by atoms with Crippen molar-refractivity contribution in [1.29, 1.82) is 0 Å². The Morgan fingerprint density at radius 2 is 1.93 bits per heavy atom. The van der Waals surface area contributed by atoms with Crippen molar-refractivity contribution in [2.75, 3.05) is 18.5 Å². The summed E-state index contributed by atoms with van der Waals surface area (Å²) >= 11 is 0. The van der Waals surface area contributed by atoms with Gasteiger partial charge < -0.3 is 10.1 Å². The maximum absolute atomic E-state index is 5.62. The quantitative estimate of drug-likeness (QED) is 0.427. The van der Waals surface area contributed by atoms with Crippen LogP contribution in [-0.4, -0.2) is 48.6 Å². The minimum atomic E-state index is 0.246. The molecule has 0 spiro atoms. The second-order valence-electron chi connectivity index (χ2n) is 7.82. The molecule has 0 unspecified atom stereocenters. The highest BCUT2D eigenvalue weighted by Gasteiger charge is 2.13. The van der Waals surface area contributed by atoms with E-state index >= 15 is 0 Å². The van der Waals surface area contributed by atoms with Gasteiger partial charge in [-0.2, -0.15) is 9.61 Å². The van der Waals surface area contributed by atoms with Gasteiger partial charge in [0.15, 0.2) is 11.5 Å². The Morgan fingerprint density at radius 1 is 1.10 bits per heavy atom. The van der Waals surface area contributed by atoms with Gasteiger partial charge >= 0.3 is 0 Å². The van der Waals surface area contributed by atoms with Crippen LogP contribution in [0.5, 0.6) is 0 Å². The van der Waals surface area contributed by atoms with Crippen LogP contribution in [0.25, 0.3) is 16.6 Å². The lowest BCUT2D eigenvalue weighted by atomic mass is 10.2. The van der Waals surface area contributed by atoms with Crippen LogP contribution in [0.15, 0.2) is 30.3 Å². The number of nitrogens with one attached hydrogen (secondary N) is 1. The third kappa shape index (κ3) is 4.43. The maximum atomic E-state index is 5.62. The summed E-state index contributed by atoms with van der Waals surface area (Å²) in [4.78, 5) is 9.60. The second kappa shape index (κ2) is 8.79. The lowest BCUT2D eigenvalue weighted by Crippen LogP contribution is -2.13. The Morgan fingerprint density at radius 3 is 2.70 bits per heavy atom. The Labute approximate surface area is 176 Å². The van der Waals surface area contributed by atoms with Gasteiger partial charge in [-0.3, -0.25) is 4.68 Å². The molecule has 8 heteroatoms. The molecule has 0 aliphatic carbocycles. The molecule has 0 aliphatic heterocycles. The van der Waals surface area contributed by atoms with Crippen molar-refractivity contribution in [3.8, 4) is 0 Å². The molecular formula is C22H29N7O. The van der Waals surface area contributed by atoms with Crippen LogP contribution in [-0.2, 0) is 17.7 Å². The third-order valence-electron chi connectivity index (χ3n) is 4.93. The molecule has 3 heterocycles. The minimum Gasteiger partial charge on any atom is -0.379 e. The summed E-state index contributed by atoms with van der Waals surface area (Å²) in [6.45, 7) is 10.4. The molecule has 0 saturated heterocycles. The zero-order chi connectivity index (χ0) is 21.1. The van der Waals surface area contributed by atoms with Gasteiger partial charge in [-0.15, -0.1) is 5.10 Å². The fourth-order valence-corrected chi connectivity index (χ4v) is 3.52. The van der Waals surface area contributed by atoms with Gasteiger partial charge in [-0.25, -0.2) is 9.97 Å². The van der Waals surface area contributed by atoms with Gasteiger partial charge in [0.05, 0.1) is 17.3 Å². The van der Waals surface area contributed by atoms with Crippen molar-refractivity contribution in [3.63, 3.8) is 0 Å². The van der Waals surface area contributed by atoms with E-state index in [0.29, 0.717) is 19.0 Å². The number of nitrogens with zero attached hydrogens (tertiary/aromatic N) is 6. The van der Waals surface area contributed by atoms with Crippen LogP contribution in [0.1, 0.15) is 37.5 Å². The number of benzene rings is 1. The Balaban J connectivity index is 1.57. The average molecular weight is 408 g/mol. The first-order chi connectivity index (χ1) is 14.5. The van der Waals surface area contributed by atoms with E-state index in [0.717, 1.165) is 53.3 Å². The summed E-state index contributed by atoms with van der Waals surface area (Å²) in [6.07, 6.45) is 1.85. The van der Waals surface area contributed by atoms with E-state index in [1.165, 1.54) is 0 Å². The van der Waals surface area contributed by atoms with E-state index in [4.69, 9.17) is 19.8 Å². The molecule has 3 aromatic heterocycles. The van der Waals surface area contributed by atoms with Gasteiger partial charge in [0, 0.05) is 37.2 Å². The number of aromatic nitrogens is 6. The summed E-state index contributed by atoms with van der Waals surface area (Å²) in [7, 11) is 0. The SMILES string of the molecule is Cc1cc(C)n(CCc2nc3c4ccccc4nc(NCCCOC(C)C)n3n2)n1. The number of aryl methyl sites for hydroxylation is 4. The summed E-state index contributed by atoms with van der Waals surface area (Å²) in [5, 5.41) is 13.7. The largest absolute Gasteiger partial charge is 0.379 e. The van der Waals surface area contributed by atoms with Crippen molar-refractivity contribution in [1.82, 2.24) is 29.4 Å². The minimum absolute atomic E-state index is 0.246. The zero-order valence-electron chi connectivity index (χ0n) is 18.1. The fourth-order valence-electron chi connectivity index (χ4n) is 3.52. The van der Waals surface area contributed by atoms with Crippen LogP contribution in [0.2, 0.25) is 0 Å². The molecule has 0 atom stereocenters. The topological polar surface area (TPSA) is 82.2 Å². The highest BCUT2D eigenvalue weighted by molar-refractivity contribution is 5.92. The molecule has 0 fully saturated rings. The Bertz CT molecular complexity index is 1150. The average Bonchev–Trinajstić information content (AvgIpc) is 3.28. The molecule has 1 N–H and O–H groups in total. The first kappa shape index (κ1) is 20.3. The Kier molecular flexibility index (Phi) is 5.94. The molecule has 1 aromatic carbocycles. The van der Waals surface area contributed by atoms with Gasteiger partial charge in [-0.05, 0) is 52.3 Å². The first-order valence-corrected chi connectivity index (χ1v) is 10.5. The highest BCUT2D eigenvalue weighted by atomic mass is 16.5. The van der Waals surface area contributed by atoms with Gasteiger partial charge in [0.1, 0.15) is 0 Å². The maximum Gasteiger partial charge on any atom is 0.226 e. The molecular weight excluding hydrogens is 378 g/mol. The normalized spacial score (nSPS) is 11.8. The standard InChI is InChI=1S/C22H29N7O/c1-15(2)30-13-7-11-23-22-24-19-9-6-5-8-18(19)21-25-20(27-29(21)22)10-12-28-17(4)14-16(3)26-28/h5-6,8-9,14-15H,7,10-13H2,1-4H3,(H,23,24). The van der Waals surface area contributed by atoms with Gasteiger partial charge in [-0.1, -0.05) is 12.1 Å². The van der Waals surface area contributed by atoms with E-state index < -0.39 is 0 Å². The van der Waals surface area contributed by atoms with Gasteiger partial charge in [0.25, 0.3) is 0 Å². The van der Waals surface area contributed by atoms with Crippen molar-refractivity contribution in [3.05, 3.63) is 47.5 Å². The number of hydrogen-bond donors (Lipinski definition) is 1. The van der Waals surface area contributed by atoms with Crippen LogP contribution >= 0.6 is 0 Å². The smallest absolute Gasteiger partial charge is 0.226 e. The van der Waals surface area contributed by atoms with E-state index in [-0.39, 0.29) is 6.10 Å². The van der Waals surface area contributed by atoms with E-state index in [9.17, 15) is 0 Å². The molecule has 0 bridgehead atoms. The van der Waals surface area contributed by atoms with E-state index in [2.05, 4.69) is 23.4 Å². The summed E-state index contributed by atoms with van der Waals surface area (Å²) in [6, 6.07) is 10.1. The number of rotatable bonds is 9. The third-order valence-corrected chi connectivity index (χ3v) is 4.93. The Hall–Kier alpha value is -3.00. The number of hydrogen-bond acceptors (Lipinski definition) is 6. The number of anilines is 1. The van der Waals surface area contributed by atoms with Crippen molar-refractivity contribution < 1.29 is 4.74 Å². The van der Waals surface area contributed by atoms with Crippen molar-refractivity contribution in [2.24, 2.45) is 0 Å². The van der Waals surface area contributed by atoms with Crippen LogP contribution in [0, 0.1) is 13.8 Å². The summed E-state index contributed by atoms with van der Waals surface area (Å²) in [5.74, 6) is 1.49. The monoisotopic (exact) mass is 407 g/mol. The van der Waals surface area contributed by atoms with Gasteiger partial charge in [0.2, 0.25) is 5.95 Å². The summed E-state index contributed by atoms with van der Waals surface area (Å²) < 4.78 is 9.45. The predicted octanol–water partition coefficient (Wildman–Crippen LogP) is 3.56. The molecule has 30 heavy (non-hydrogen) atoms. The molecule has 0 radical (unpaired) electrons. The molecule has 158 valence electrons. The number of fused-ring (bicyclic) bond motifs is 3. The zero-order valence-corrected chi connectivity index (χ0v) is 18.1. The summed E-state index contributed by atoms with van der Waals surface area (Å²) in [5.41, 5.74) is 3.90. The molecule has 4 rings (SSSR count). The van der Waals surface area contributed by atoms with Crippen LogP contribution in [0.4, 0.5) is 5.95 Å². The lowest BCUT2D eigenvalue weighted by Gasteiger charge is -2.10. The highest BCUT2D eigenvalue weighted by Crippen LogP contribution is 2.21. The molecule has 4 aromatic rings. The number of ether oxygens (including phenoxy) is 1. The predicted molar refractivity (Wildman–Crippen MR) is 118 cm³/mol. The second-order valence-corrected chi connectivity index (χ2v) is 7.82. The molecule has 0 saturated carbocycles. The molecule has 0 amide bonds. The van der Waals surface area contributed by atoms with Crippen LogP contribution < -0.4 is 5.32 Å². The number of para-hydroxylation sites is 1. The first-order valence-electron chi connectivity index (χ1n) is 10.5. The van der Waals surface area contributed by atoms with Crippen molar-refractivity contribution in [2.45, 2.75) is 53.2 Å². The van der Waals surface area contributed by atoms with E-state index in [1.54, 1.807) is 0 Å². The molecule has 8 nitrogen and oxygen atoms in total.